The van der Waals surface area contributed by atoms with Crippen LogP contribution in [0.15, 0.2) is 122 Å². The Labute approximate surface area is 200 Å². The molecule has 0 aliphatic heterocycles. The first-order valence-corrected chi connectivity index (χ1v) is 12.2. The lowest BCUT2D eigenvalue weighted by atomic mass is 9.76. The van der Waals surface area contributed by atoms with E-state index in [0.29, 0.717) is 5.92 Å². The topological polar surface area (TPSA) is 12.9 Å². The number of benzene rings is 5. The molecule has 0 bridgehead atoms. The number of fused-ring (bicyclic) bond motifs is 6. The molecule has 0 spiro atoms. The van der Waals surface area contributed by atoms with Gasteiger partial charge in [-0.15, -0.1) is 0 Å². The molecule has 0 fully saturated rings. The van der Waals surface area contributed by atoms with Gasteiger partial charge in [0, 0.05) is 18.3 Å². The Kier molecular flexibility index (Phi) is 5.53. The first-order chi connectivity index (χ1) is 16.9. The fraction of sp³-hybridized carbons (Fsp3) is 0.121. The van der Waals surface area contributed by atoms with Crippen LogP contribution in [0.3, 0.4) is 0 Å². The van der Waals surface area contributed by atoms with E-state index in [1.165, 1.54) is 62.7 Å². The molecule has 6 aromatic rings. The van der Waals surface area contributed by atoms with E-state index in [0.717, 1.165) is 0 Å². The zero-order chi connectivity index (χ0) is 22.7. The molecule has 0 N–H and O–H groups in total. The maximum Gasteiger partial charge on any atom is 0.0346 e. The monoisotopic (exact) mass is 437 g/mol. The third-order valence-electron chi connectivity index (χ3n) is 7.10. The van der Waals surface area contributed by atoms with Crippen molar-refractivity contribution in [2.45, 2.75) is 25.2 Å². The van der Waals surface area contributed by atoms with Crippen molar-refractivity contribution in [2.24, 2.45) is 0 Å². The molecule has 1 heteroatoms. The molecular formula is C33H27N. The molecule has 0 amide bonds. The molecule has 164 valence electrons. The molecule has 1 atom stereocenters. The Hall–Kier alpha value is -3.97. The predicted molar refractivity (Wildman–Crippen MR) is 144 cm³/mol. The fourth-order valence-corrected chi connectivity index (χ4v) is 5.47. The highest BCUT2D eigenvalue weighted by molar-refractivity contribution is 6.09. The van der Waals surface area contributed by atoms with Gasteiger partial charge in [-0.3, -0.25) is 4.98 Å². The number of hydrogen-bond acceptors (Lipinski definition) is 1. The van der Waals surface area contributed by atoms with Crippen LogP contribution in [-0.2, 0) is 6.42 Å². The van der Waals surface area contributed by atoms with Crippen molar-refractivity contribution in [1.29, 1.82) is 0 Å². The summed E-state index contributed by atoms with van der Waals surface area (Å²) in [4.78, 5) is 4.01. The van der Waals surface area contributed by atoms with Gasteiger partial charge in [0.15, 0.2) is 0 Å². The Bertz CT molecular complexity index is 1520. The van der Waals surface area contributed by atoms with E-state index in [1.807, 2.05) is 30.6 Å². The Morgan fingerprint density at radius 3 is 2.15 bits per heavy atom. The summed E-state index contributed by atoms with van der Waals surface area (Å²) in [6, 6.07) is 39.3. The van der Waals surface area contributed by atoms with Gasteiger partial charge in [-0.1, -0.05) is 103 Å². The summed E-state index contributed by atoms with van der Waals surface area (Å²) in [6.07, 6.45) is 7.42. The average Bonchev–Trinajstić information content (AvgIpc) is 2.93. The minimum atomic E-state index is 0.528. The Balaban J connectivity index is 0.000000182. The first-order valence-electron chi connectivity index (χ1n) is 12.2. The number of aromatic nitrogens is 1. The van der Waals surface area contributed by atoms with Crippen LogP contribution in [0.4, 0.5) is 0 Å². The van der Waals surface area contributed by atoms with Gasteiger partial charge in [0.2, 0.25) is 0 Å². The maximum absolute atomic E-state index is 4.01. The highest BCUT2D eigenvalue weighted by atomic mass is 14.6. The van der Waals surface area contributed by atoms with Gasteiger partial charge in [0.25, 0.3) is 0 Å². The van der Waals surface area contributed by atoms with E-state index in [1.54, 1.807) is 5.56 Å². The second-order valence-electron chi connectivity index (χ2n) is 9.10. The van der Waals surface area contributed by atoms with Crippen LogP contribution in [0.25, 0.3) is 32.3 Å². The quantitative estimate of drug-likeness (QED) is 0.234. The second-order valence-corrected chi connectivity index (χ2v) is 9.10. The summed E-state index contributed by atoms with van der Waals surface area (Å²) < 4.78 is 0. The summed E-state index contributed by atoms with van der Waals surface area (Å²) in [5.41, 5.74) is 4.56. The van der Waals surface area contributed by atoms with Crippen molar-refractivity contribution in [3.05, 3.63) is 138 Å². The number of nitrogens with zero attached hydrogens (tertiary/aromatic N) is 1. The van der Waals surface area contributed by atoms with Crippen LogP contribution in [0.5, 0.6) is 0 Å². The zero-order valence-corrected chi connectivity index (χ0v) is 19.2. The van der Waals surface area contributed by atoms with E-state index in [4.69, 9.17) is 0 Å². The average molecular weight is 438 g/mol. The SMILES string of the molecule is c1ccc(C2CCCc3ccc4c(ccc5ccccc54)c32)cc1.c1ccc2cnccc2c1. The summed E-state index contributed by atoms with van der Waals surface area (Å²) in [5, 5.41) is 7.99. The molecule has 7 rings (SSSR count). The molecule has 5 aromatic carbocycles. The van der Waals surface area contributed by atoms with Gasteiger partial charge in [-0.2, -0.15) is 0 Å². The molecule has 1 aromatic heterocycles. The molecule has 0 saturated heterocycles. The molecule has 1 nitrogen and oxygen atoms in total. The lowest BCUT2D eigenvalue weighted by Gasteiger charge is -2.28. The van der Waals surface area contributed by atoms with Crippen LogP contribution < -0.4 is 0 Å². The van der Waals surface area contributed by atoms with Crippen molar-refractivity contribution >= 4 is 32.3 Å². The van der Waals surface area contributed by atoms with Crippen LogP contribution in [0.1, 0.15) is 35.4 Å². The first kappa shape index (κ1) is 20.6. The van der Waals surface area contributed by atoms with Gasteiger partial charge >= 0.3 is 0 Å². The van der Waals surface area contributed by atoms with E-state index in [2.05, 4.69) is 96.0 Å². The lowest BCUT2D eigenvalue weighted by molar-refractivity contribution is 0.620. The van der Waals surface area contributed by atoms with Crippen molar-refractivity contribution in [1.82, 2.24) is 4.98 Å². The third-order valence-corrected chi connectivity index (χ3v) is 7.10. The lowest BCUT2D eigenvalue weighted by Crippen LogP contribution is -2.11. The molecule has 0 radical (unpaired) electrons. The van der Waals surface area contributed by atoms with Crippen molar-refractivity contribution < 1.29 is 0 Å². The van der Waals surface area contributed by atoms with Crippen LogP contribution in [-0.4, -0.2) is 4.98 Å². The molecule has 0 saturated carbocycles. The third kappa shape index (κ3) is 3.84. The highest BCUT2D eigenvalue weighted by Gasteiger charge is 2.24. The standard InChI is InChI=1S/C24H20.C9H7N/c1-2-7-17(8-3-1)21-12-6-10-19-14-15-22-20-11-5-4-9-18(20)13-16-23(22)24(19)21;1-2-4-9-7-10-6-5-8(9)3-1/h1-5,7-9,11,13-16,21H,6,10,12H2;1-7H. The zero-order valence-electron chi connectivity index (χ0n) is 19.2. The van der Waals surface area contributed by atoms with E-state index in [-0.39, 0.29) is 0 Å². The molecule has 1 aliphatic rings. The summed E-state index contributed by atoms with van der Waals surface area (Å²) in [5.74, 6) is 0.528. The van der Waals surface area contributed by atoms with E-state index >= 15 is 0 Å². The minimum absolute atomic E-state index is 0.528. The van der Waals surface area contributed by atoms with Gasteiger partial charge < -0.3 is 0 Å². The van der Waals surface area contributed by atoms with Crippen molar-refractivity contribution in [3.63, 3.8) is 0 Å². The largest absolute Gasteiger partial charge is 0.264 e. The van der Waals surface area contributed by atoms with Crippen molar-refractivity contribution in [3.8, 4) is 0 Å². The molecule has 1 aliphatic carbocycles. The van der Waals surface area contributed by atoms with Gasteiger partial charge in [0.05, 0.1) is 0 Å². The maximum atomic E-state index is 4.01. The van der Waals surface area contributed by atoms with Gasteiger partial charge in [0.1, 0.15) is 0 Å². The van der Waals surface area contributed by atoms with E-state index < -0.39 is 0 Å². The minimum Gasteiger partial charge on any atom is -0.264 e. The highest BCUT2D eigenvalue weighted by Crippen LogP contribution is 2.42. The molecule has 1 unspecified atom stereocenters. The predicted octanol–water partition coefficient (Wildman–Crippen LogP) is 8.70. The summed E-state index contributed by atoms with van der Waals surface area (Å²) >= 11 is 0. The van der Waals surface area contributed by atoms with Gasteiger partial charge in [-0.05, 0) is 74.3 Å². The molecular weight excluding hydrogens is 410 g/mol. The fourth-order valence-electron chi connectivity index (χ4n) is 5.47. The normalized spacial score (nSPS) is 15.0. The van der Waals surface area contributed by atoms with Crippen LogP contribution >= 0.6 is 0 Å². The molecule has 1 heterocycles. The summed E-state index contributed by atoms with van der Waals surface area (Å²) in [7, 11) is 0. The van der Waals surface area contributed by atoms with Crippen LogP contribution in [0, 0.1) is 0 Å². The van der Waals surface area contributed by atoms with Crippen molar-refractivity contribution in [2.75, 3.05) is 0 Å². The number of aryl methyl sites for hydroxylation is 1. The Morgan fingerprint density at radius 1 is 0.559 bits per heavy atom. The van der Waals surface area contributed by atoms with E-state index in [9.17, 15) is 0 Å². The van der Waals surface area contributed by atoms with Gasteiger partial charge in [-0.25, -0.2) is 0 Å². The number of hydrogen-bond donors (Lipinski definition) is 0. The number of rotatable bonds is 1. The second kappa shape index (κ2) is 9.11. The van der Waals surface area contributed by atoms with Crippen LogP contribution in [0.2, 0.25) is 0 Å². The summed E-state index contributed by atoms with van der Waals surface area (Å²) in [6.45, 7) is 0. The Morgan fingerprint density at radius 2 is 1.29 bits per heavy atom. The smallest absolute Gasteiger partial charge is 0.0346 e. The molecule has 34 heavy (non-hydrogen) atoms. The number of pyridine rings is 1.